The number of fused-ring (bicyclic) bond motifs is 1. The van der Waals surface area contributed by atoms with Crippen LogP contribution in [0.2, 0.25) is 5.02 Å². The van der Waals surface area contributed by atoms with Crippen LogP contribution in [0.4, 0.5) is 0 Å². The second kappa shape index (κ2) is 5.53. The molecule has 0 aliphatic carbocycles. The third kappa shape index (κ3) is 2.36. The number of para-hydroxylation sites is 1. The Balaban J connectivity index is 1.65. The summed E-state index contributed by atoms with van der Waals surface area (Å²) in [5, 5.41) is 1.50. The maximum Gasteiger partial charge on any atom is 0.272 e. The standard InChI is InChI=1S/C18H21ClN2O2/c1-20-14-6-3-2-5-13(14)15(19)16(20)17(22)21-9-8-18(11-21)7-4-10-23-12-18/h2-3,5-6H,4,7-12H2,1H3. The number of nitrogens with zero attached hydrogens (tertiary/aromatic N) is 2. The number of hydrogen-bond acceptors (Lipinski definition) is 2. The minimum atomic E-state index is 0.0381. The average Bonchev–Trinajstić information content (AvgIpc) is 3.09. The molecule has 1 unspecified atom stereocenters. The summed E-state index contributed by atoms with van der Waals surface area (Å²) >= 11 is 6.52. The van der Waals surface area contributed by atoms with E-state index in [-0.39, 0.29) is 11.3 Å². The van der Waals surface area contributed by atoms with Crippen molar-refractivity contribution in [1.82, 2.24) is 9.47 Å². The molecule has 122 valence electrons. The molecule has 1 amide bonds. The van der Waals surface area contributed by atoms with Gasteiger partial charge in [0.25, 0.3) is 5.91 Å². The van der Waals surface area contributed by atoms with Gasteiger partial charge >= 0.3 is 0 Å². The highest BCUT2D eigenvalue weighted by Crippen LogP contribution is 2.39. The minimum Gasteiger partial charge on any atom is -0.381 e. The van der Waals surface area contributed by atoms with Crippen LogP contribution in [-0.2, 0) is 11.8 Å². The van der Waals surface area contributed by atoms with Crippen molar-refractivity contribution < 1.29 is 9.53 Å². The van der Waals surface area contributed by atoms with Gasteiger partial charge in [-0.3, -0.25) is 4.79 Å². The first-order valence-electron chi connectivity index (χ1n) is 8.21. The van der Waals surface area contributed by atoms with E-state index in [1.165, 1.54) is 0 Å². The van der Waals surface area contributed by atoms with Crippen molar-refractivity contribution in [3.8, 4) is 0 Å². The highest BCUT2D eigenvalue weighted by Gasteiger charge is 2.42. The number of carbonyl (C=O) groups is 1. The fourth-order valence-corrected chi connectivity index (χ4v) is 4.44. The van der Waals surface area contributed by atoms with Gasteiger partial charge < -0.3 is 14.2 Å². The number of rotatable bonds is 1. The zero-order valence-corrected chi connectivity index (χ0v) is 14.1. The lowest BCUT2D eigenvalue weighted by Gasteiger charge is -2.33. The zero-order valence-electron chi connectivity index (χ0n) is 13.3. The van der Waals surface area contributed by atoms with Gasteiger partial charge in [0.1, 0.15) is 5.69 Å². The highest BCUT2D eigenvalue weighted by atomic mass is 35.5. The van der Waals surface area contributed by atoms with Crippen molar-refractivity contribution >= 4 is 28.4 Å². The van der Waals surface area contributed by atoms with Gasteiger partial charge in [-0.15, -0.1) is 0 Å². The molecule has 4 rings (SSSR count). The second-order valence-corrected chi connectivity index (χ2v) is 7.25. The Labute approximate surface area is 141 Å². The van der Waals surface area contributed by atoms with E-state index >= 15 is 0 Å². The van der Waals surface area contributed by atoms with Crippen molar-refractivity contribution in [2.45, 2.75) is 19.3 Å². The number of likely N-dealkylation sites (tertiary alicyclic amines) is 1. The Morgan fingerprint density at radius 3 is 2.87 bits per heavy atom. The highest BCUT2D eigenvalue weighted by molar-refractivity contribution is 6.38. The smallest absolute Gasteiger partial charge is 0.272 e. The third-order valence-electron chi connectivity index (χ3n) is 5.38. The Morgan fingerprint density at radius 2 is 2.13 bits per heavy atom. The van der Waals surface area contributed by atoms with Crippen molar-refractivity contribution in [3.63, 3.8) is 0 Å². The topological polar surface area (TPSA) is 34.5 Å². The van der Waals surface area contributed by atoms with Crippen LogP contribution in [0.5, 0.6) is 0 Å². The van der Waals surface area contributed by atoms with E-state index in [0.29, 0.717) is 10.7 Å². The van der Waals surface area contributed by atoms with Gasteiger partial charge in [0.05, 0.1) is 11.6 Å². The Kier molecular flexibility index (Phi) is 3.62. The number of carbonyl (C=O) groups excluding carboxylic acids is 1. The van der Waals surface area contributed by atoms with E-state index in [4.69, 9.17) is 16.3 Å². The number of aromatic nitrogens is 1. The van der Waals surface area contributed by atoms with Crippen molar-refractivity contribution in [2.24, 2.45) is 12.5 Å². The minimum absolute atomic E-state index is 0.0381. The molecule has 2 aliphatic rings. The summed E-state index contributed by atoms with van der Waals surface area (Å²) in [6.07, 6.45) is 3.27. The normalized spacial score (nSPS) is 24.7. The summed E-state index contributed by atoms with van der Waals surface area (Å²) in [5.74, 6) is 0.0381. The quantitative estimate of drug-likeness (QED) is 0.801. The first-order valence-corrected chi connectivity index (χ1v) is 8.59. The van der Waals surface area contributed by atoms with Crippen molar-refractivity contribution in [1.29, 1.82) is 0 Å². The summed E-state index contributed by atoms with van der Waals surface area (Å²) in [7, 11) is 1.91. The average molecular weight is 333 g/mol. The van der Waals surface area contributed by atoms with Gasteiger partial charge in [0.15, 0.2) is 0 Å². The molecular formula is C18H21ClN2O2. The molecule has 2 aliphatic heterocycles. The van der Waals surface area contributed by atoms with Crippen LogP contribution in [0.1, 0.15) is 29.8 Å². The molecule has 3 heterocycles. The lowest BCUT2D eigenvalue weighted by atomic mass is 9.82. The number of aryl methyl sites for hydroxylation is 1. The first kappa shape index (κ1) is 15.0. The first-order chi connectivity index (χ1) is 11.1. The van der Waals surface area contributed by atoms with E-state index in [9.17, 15) is 4.79 Å². The summed E-state index contributed by atoms with van der Waals surface area (Å²) in [5.41, 5.74) is 1.75. The maximum absolute atomic E-state index is 13.1. The molecule has 23 heavy (non-hydrogen) atoms. The fraction of sp³-hybridized carbons (Fsp3) is 0.500. The van der Waals surface area contributed by atoms with Crippen LogP contribution in [0.3, 0.4) is 0 Å². The van der Waals surface area contributed by atoms with E-state index < -0.39 is 0 Å². The Morgan fingerprint density at radius 1 is 1.30 bits per heavy atom. The predicted molar refractivity (Wildman–Crippen MR) is 90.9 cm³/mol. The SMILES string of the molecule is Cn1c(C(=O)N2CCC3(CCCOC3)C2)c(Cl)c2ccccc21. The molecule has 2 fully saturated rings. The number of halogens is 1. The lowest BCUT2D eigenvalue weighted by Crippen LogP contribution is -2.37. The molecule has 4 nitrogen and oxygen atoms in total. The molecule has 1 spiro atoms. The van der Waals surface area contributed by atoms with Crippen LogP contribution < -0.4 is 0 Å². The molecular weight excluding hydrogens is 312 g/mol. The van der Waals surface area contributed by atoms with E-state index in [1.54, 1.807) is 0 Å². The molecule has 1 atom stereocenters. The van der Waals surface area contributed by atoms with Crippen LogP contribution in [0, 0.1) is 5.41 Å². The summed E-state index contributed by atoms with van der Waals surface area (Å²) in [6.45, 7) is 3.20. The fourth-order valence-electron chi connectivity index (χ4n) is 4.07. The Hall–Kier alpha value is -1.52. The van der Waals surface area contributed by atoms with Gasteiger partial charge in [-0.25, -0.2) is 0 Å². The van der Waals surface area contributed by atoms with Gasteiger partial charge in [-0.2, -0.15) is 0 Å². The third-order valence-corrected chi connectivity index (χ3v) is 5.76. The van der Waals surface area contributed by atoms with Crippen molar-refractivity contribution in [3.05, 3.63) is 35.0 Å². The molecule has 1 aromatic carbocycles. The van der Waals surface area contributed by atoms with Crippen LogP contribution in [0.25, 0.3) is 10.9 Å². The molecule has 2 saturated heterocycles. The summed E-state index contributed by atoms with van der Waals surface area (Å²) in [6, 6.07) is 7.89. The number of benzene rings is 1. The van der Waals surface area contributed by atoms with Gasteiger partial charge in [-0.1, -0.05) is 29.8 Å². The molecule has 0 radical (unpaired) electrons. The molecule has 0 bridgehead atoms. The van der Waals surface area contributed by atoms with E-state index in [0.717, 1.165) is 56.5 Å². The van der Waals surface area contributed by atoms with E-state index in [2.05, 4.69) is 0 Å². The maximum atomic E-state index is 13.1. The summed E-state index contributed by atoms with van der Waals surface area (Å²) < 4.78 is 7.59. The number of amides is 1. The van der Waals surface area contributed by atoms with Gasteiger partial charge in [0.2, 0.25) is 0 Å². The van der Waals surface area contributed by atoms with Gasteiger partial charge in [0, 0.05) is 43.1 Å². The van der Waals surface area contributed by atoms with Crippen LogP contribution in [0.15, 0.2) is 24.3 Å². The largest absolute Gasteiger partial charge is 0.381 e. The lowest BCUT2D eigenvalue weighted by molar-refractivity contribution is -0.00165. The number of ether oxygens (including phenoxy) is 1. The molecule has 2 aromatic rings. The molecule has 1 aromatic heterocycles. The Bertz CT molecular complexity index is 723. The van der Waals surface area contributed by atoms with Crippen molar-refractivity contribution in [2.75, 3.05) is 26.3 Å². The zero-order chi connectivity index (χ0) is 16.0. The second-order valence-electron chi connectivity index (χ2n) is 6.87. The van der Waals surface area contributed by atoms with E-state index in [1.807, 2.05) is 40.8 Å². The monoisotopic (exact) mass is 332 g/mol. The summed E-state index contributed by atoms with van der Waals surface area (Å²) in [4.78, 5) is 15.0. The number of hydrogen-bond donors (Lipinski definition) is 0. The predicted octanol–water partition coefficient (Wildman–Crippen LogP) is 3.47. The molecule has 0 N–H and O–H groups in total. The molecule has 5 heteroatoms. The van der Waals surface area contributed by atoms with Gasteiger partial charge in [-0.05, 0) is 25.3 Å². The van der Waals surface area contributed by atoms with Crippen LogP contribution in [-0.4, -0.2) is 41.7 Å². The van der Waals surface area contributed by atoms with Crippen LogP contribution >= 0.6 is 11.6 Å². The molecule has 0 saturated carbocycles.